The molecule has 150 valence electrons. The van der Waals surface area contributed by atoms with Crippen LogP contribution in [0.4, 0.5) is 10.1 Å². The molecule has 0 spiro atoms. The van der Waals surface area contributed by atoms with Crippen LogP contribution < -0.4 is 10.6 Å². The Bertz CT molecular complexity index is 827. The van der Waals surface area contributed by atoms with Gasteiger partial charge in [-0.05, 0) is 42.0 Å². The predicted octanol–water partition coefficient (Wildman–Crippen LogP) is 3.63. The predicted molar refractivity (Wildman–Crippen MR) is 110 cm³/mol. The van der Waals surface area contributed by atoms with Gasteiger partial charge in [0.15, 0.2) is 0 Å². The molecular weight excluding hydrogens is 381 g/mol. The van der Waals surface area contributed by atoms with Crippen molar-refractivity contribution in [2.24, 2.45) is 5.92 Å². The first kappa shape index (κ1) is 21.9. The molecule has 0 aliphatic carbocycles. The fourth-order valence-corrected chi connectivity index (χ4v) is 3.11. The lowest BCUT2D eigenvalue weighted by Crippen LogP contribution is -2.48. The molecule has 1 heterocycles. The Morgan fingerprint density at radius 2 is 1.89 bits per heavy atom. The largest absolute Gasteiger partial charge is 0.329 e. The van der Waals surface area contributed by atoms with Crippen LogP contribution in [-0.4, -0.2) is 36.3 Å². The highest BCUT2D eigenvalue weighted by Crippen LogP contribution is 2.25. The van der Waals surface area contributed by atoms with Gasteiger partial charge in [0.2, 0.25) is 5.91 Å². The highest BCUT2D eigenvalue weighted by molar-refractivity contribution is 5.96. The van der Waals surface area contributed by atoms with Crippen molar-refractivity contribution in [3.63, 3.8) is 0 Å². The van der Waals surface area contributed by atoms with Gasteiger partial charge in [-0.25, -0.2) is 4.39 Å². The maximum absolute atomic E-state index is 13.6. The van der Waals surface area contributed by atoms with Crippen LogP contribution in [0, 0.1) is 11.7 Å². The van der Waals surface area contributed by atoms with Gasteiger partial charge in [0.25, 0.3) is 5.91 Å². The number of nitrogens with zero attached hydrogens (tertiary/aromatic N) is 1. The molecule has 5 nitrogen and oxygen atoms in total. The molecule has 2 aromatic rings. The van der Waals surface area contributed by atoms with Crippen molar-refractivity contribution in [2.75, 3.05) is 25.0 Å². The molecule has 7 heteroatoms. The molecule has 1 aliphatic rings. The summed E-state index contributed by atoms with van der Waals surface area (Å²) in [5.74, 6) is -0.593. The van der Waals surface area contributed by atoms with E-state index in [0.29, 0.717) is 30.9 Å². The van der Waals surface area contributed by atoms with Crippen molar-refractivity contribution in [1.29, 1.82) is 0 Å². The van der Waals surface area contributed by atoms with Crippen molar-refractivity contribution >= 4 is 29.9 Å². The second-order valence-corrected chi connectivity index (χ2v) is 6.99. The zero-order chi connectivity index (χ0) is 19.4. The Morgan fingerprint density at radius 1 is 1.18 bits per heavy atom. The Morgan fingerprint density at radius 3 is 2.54 bits per heavy atom. The minimum Gasteiger partial charge on any atom is -0.329 e. The van der Waals surface area contributed by atoms with E-state index in [1.54, 1.807) is 35.2 Å². The zero-order valence-electron chi connectivity index (χ0n) is 15.9. The Kier molecular flexibility index (Phi) is 7.54. The molecule has 2 aromatic carbocycles. The van der Waals surface area contributed by atoms with Crippen LogP contribution in [0.15, 0.2) is 48.5 Å². The van der Waals surface area contributed by atoms with Crippen molar-refractivity contribution in [3.05, 3.63) is 65.5 Å². The maximum Gasteiger partial charge on any atom is 0.254 e. The fraction of sp³-hybridized carbons (Fsp3) is 0.333. The van der Waals surface area contributed by atoms with Gasteiger partial charge >= 0.3 is 0 Å². The Labute approximate surface area is 170 Å². The van der Waals surface area contributed by atoms with Crippen molar-refractivity contribution in [2.45, 2.75) is 19.9 Å². The molecular formula is C21H25ClFN3O2. The first-order valence-electron chi connectivity index (χ1n) is 9.14. The molecule has 0 bridgehead atoms. The SMILES string of the molecule is CC(C)C(=O)Nc1ccc(C(=O)N2CCNCC2c2cccc(F)c2)cc1.Cl. The van der Waals surface area contributed by atoms with E-state index < -0.39 is 0 Å². The third-order valence-electron chi connectivity index (χ3n) is 4.66. The van der Waals surface area contributed by atoms with Crippen LogP contribution in [0.2, 0.25) is 0 Å². The van der Waals surface area contributed by atoms with Crippen LogP contribution in [-0.2, 0) is 4.79 Å². The van der Waals surface area contributed by atoms with Crippen molar-refractivity contribution < 1.29 is 14.0 Å². The molecule has 1 unspecified atom stereocenters. The van der Waals surface area contributed by atoms with Gasteiger partial charge in [0.1, 0.15) is 5.82 Å². The average Bonchev–Trinajstić information content (AvgIpc) is 2.68. The second-order valence-electron chi connectivity index (χ2n) is 6.99. The number of rotatable bonds is 4. The lowest BCUT2D eigenvalue weighted by atomic mass is 10.0. The molecule has 1 aliphatic heterocycles. The fourth-order valence-electron chi connectivity index (χ4n) is 3.11. The van der Waals surface area contributed by atoms with E-state index in [0.717, 1.165) is 5.56 Å². The molecule has 1 fully saturated rings. The molecule has 1 saturated heterocycles. The average molecular weight is 406 g/mol. The minimum absolute atomic E-state index is 0. The van der Waals surface area contributed by atoms with Gasteiger partial charge in [-0.15, -0.1) is 12.4 Å². The zero-order valence-corrected chi connectivity index (χ0v) is 16.8. The van der Waals surface area contributed by atoms with Crippen molar-refractivity contribution in [3.8, 4) is 0 Å². The molecule has 0 aromatic heterocycles. The van der Waals surface area contributed by atoms with E-state index in [2.05, 4.69) is 10.6 Å². The van der Waals surface area contributed by atoms with Crippen LogP contribution in [0.1, 0.15) is 35.8 Å². The number of hydrogen-bond acceptors (Lipinski definition) is 3. The van der Waals surface area contributed by atoms with E-state index in [1.807, 2.05) is 19.9 Å². The molecule has 2 amide bonds. The monoisotopic (exact) mass is 405 g/mol. The van der Waals surface area contributed by atoms with Gasteiger partial charge in [0, 0.05) is 36.8 Å². The second kappa shape index (κ2) is 9.66. The van der Waals surface area contributed by atoms with Crippen LogP contribution in [0.25, 0.3) is 0 Å². The van der Waals surface area contributed by atoms with Gasteiger partial charge in [-0.3, -0.25) is 9.59 Å². The third-order valence-corrected chi connectivity index (χ3v) is 4.66. The van der Waals surface area contributed by atoms with E-state index >= 15 is 0 Å². The number of carbonyl (C=O) groups excluding carboxylic acids is 2. The lowest BCUT2D eigenvalue weighted by Gasteiger charge is -2.36. The number of halogens is 2. The molecule has 28 heavy (non-hydrogen) atoms. The normalized spacial score (nSPS) is 16.4. The molecule has 0 saturated carbocycles. The smallest absolute Gasteiger partial charge is 0.254 e. The highest BCUT2D eigenvalue weighted by atomic mass is 35.5. The van der Waals surface area contributed by atoms with Gasteiger partial charge in [-0.1, -0.05) is 26.0 Å². The van der Waals surface area contributed by atoms with Gasteiger partial charge < -0.3 is 15.5 Å². The molecule has 3 rings (SSSR count). The summed E-state index contributed by atoms with van der Waals surface area (Å²) in [6, 6.07) is 13.0. The first-order valence-corrected chi connectivity index (χ1v) is 9.14. The summed E-state index contributed by atoms with van der Waals surface area (Å²) in [6.07, 6.45) is 0. The van der Waals surface area contributed by atoms with Crippen LogP contribution in [0.3, 0.4) is 0 Å². The highest BCUT2D eigenvalue weighted by Gasteiger charge is 2.28. The summed E-state index contributed by atoms with van der Waals surface area (Å²) in [7, 11) is 0. The molecule has 0 radical (unpaired) electrons. The lowest BCUT2D eigenvalue weighted by molar-refractivity contribution is -0.118. The summed E-state index contributed by atoms with van der Waals surface area (Å²) in [5.41, 5.74) is 1.98. The maximum atomic E-state index is 13.6. The summed E-state index contributed by atoms with van der Waals surface area (Å²) < 4.78 is 13.6. The molecule has 1 atom stereocenters. The summed E-state index contributed by atoms with van der Waals surface area (Å²) in [4.78, 5) is 26.6. The van der Waals surface area contributed by atoms with E-state index in [1.165, 1.54) is 12.1 Å². The summed E-state index contributed by atoms with van der Waals surface area (Å²) in [6.45, 7) is 5.47. The number of carbonyl (C=O) groups is 2. The molecule has 2 N–H and O–H groups in total. The van der Waals surface area contributed by atoms with Gasteiger partial charge in [-0.2, -0.15) is 0 Å². The van der Waals surface area contributed by atoms with Crippen LogP contribution in [0.5, 0.6) is 0 Å². The number of nitrogens with one attached hydrogen (secondary N) is 2. The Hall–Kier alpha value is -2.44. The third kappa shape index (κ3) is 5.09. The standard InChI is InChI=1S/C21H24FN3O2.ClH/c1-14(2)20(26)24-18-8-6-15(7-9-18)21(27)25-11-10-23-13-19(25)16-4-3-5-17(22)12-16;/h3-9,12,14,19,23H,10-11,13H2,1-2H3,(H,24,26);1H. The number of anilines is 1. The summed E-state index contributed by atoms with van der Waals surface area (Å²) >= 11 is 0. The quantitative estimate of drug-likeness (QED) is 0.816. The topological polar surface area (TPSA) is 61.4 Å². The number of amides is 2. The minimum atomic E-state index is -0.310. The van der Waals surface area contributed by atoms with Crippen molar-refractivity contribution in [1.82, 2.24) is 10.2 Å². The van der Waals surface area contributed by atoms with E-state index in [9.17, 15) is 14.0 Å². The number of piperazine rings is 1. The van der Waals surface area contributed by atoms with Crippen LogP contribution >= 0.6 is 12.4 Å². The summed E-state index contributed by atoms with van der Waals surface area (Å²) in [5, 5.41) is 6.08. The number of benzene rings is 2. The Balaban J connectivity index is 0.00000280. The van der Waals surface area contributed by atoms with E-state index in [-0.39, 0.29) is 42.0 Å². The number of hydrogen-bond donors (Lipinski definition) is 2. The van der Waals surface area contributed by atoms with E-state index in [4.69, 9.17) is 0 Å². The van der Waals surface area contributed by atoms with Gasteiger partial charge in [0.05, 0.1) is 6.04 Å². The first-order chi connectivity index (χ1) is 13.0.